The van der Waals surface area contributed by atoms with Crippen molar-refractivity contribution in [3.05, 3.63) is 48.0 Å². The third-order valence-corrected chi connectivity index (χ3v) is 5.01. The van der Waals surface area contributed by atoms with E-state index in [1.165, 1.54) is 0 Å². The number of fused-ring (bicyclic) bond motifs is 1. The summed E-state index contributed by atoms with van der Waals surface area (Å²) in [6.45, 7) is 4.26. The van der Waals surface area contributed by atoms with Gasteiger partial charge in [0.1, 0.15) is 11.6 Å². The van der Waals surface area contributed by atoms with Gasteiger partial charge in [0.2, 0.25) is 0 Å². The molecule has 28 heavy (non-hydrogen) atoms. The van der Waals surface area contributed by atoms with Gasteiger partial charge < -0.3 is 20.7 Å². The summed E-state index contributed by atoms with van der Waals surface area (Å²) in [7, 11) is 0. The first-order valence-electron chi connectivity index (χ1n) is 9.14. The molecule has 0 aliphatic carbocycles. The molecule has 0 saturated carbocycles. The van der Waals surface area contributed by atoms with Gasteiger partial charge in [-0.05, 0) is 32.0 Å². The van der Waals surface area contributed by atoms with E-state index in [0.717, 1.165) is 44.5 Å². The molecule has 0 saturated heterocycles. The number of imidazole rings is 1. The lowest BCUT2D eigenvalue weighted by atomic mass is 10.1. The van der Waals surface area contributed by atoms with Crippen LogP contribution in [0.2, 0.25) is 0 Å². The summed E-state index contributed by atoms with van der Waals surface area (Å²) in [5.41, 5.74) is 6.59. The number of nitrogens with zero attached hydrogens (tertiary/aromatic N) is 3. The highest BCUT2D eigenvalue weighted by Crippen LogP contribution is 2.30. The maximum absolute atomic E-state index is 9.11. The average molecular weight is 395 g/mol. The Hall–Kier alpha value is -2.97. The predicted octanol–water partition coefficient (Wildman–Crippen LogP) is 4.18. The molecule has 0 aliphatic heterocycles. The second-order valence-electron chi connectivity index (χ2n) is 6.79. The lowest BCUT2D eigenvalue weighted by Crippen LogP contribution is -2.11. The van der Waals surface area contributed by atoms with Crippen LogP contribution in [0, 0.1) is 0 Å². The minimum absolute atomic E-state index is 0.0647. The van der Waals surface area contributed by atoms with Crippen LogP contribution in [0.25, 0.3) is 21.5 Å². The minimum Gasteiger partial charge on any atom is -0.396 e. The number of H-pyrrole nitrogens is 1. The van der Waals surface area contributed by atoms with Gasteiger partial charge in [-0.3, -0.25) is 0 Å². The normalized spacial score (nSPS) is 11.3. The molecular formula is C20H22N6OS. The molecule has 4 rings (SSSR count). The summed E-state index contributed by atoms with van der Waals surface area (Å²) in [5.74, 6) is 1.51. The van der Waals surface area contributed by atoms with E-state index >= 15 is 0 Å². The van der Waals surface area contributed by atoms with Crippen LogP contribution in [0.1, 0.15) is 19.7 Å². The molecule has 4 N–H and O–H groups in total. The van der Waals surface area contributed by atoms with E-state index in [0.29, 0.717) is 6.42 Å². The predicted molar refractivity (Wildman–Crippen MR) is 114 cm³/mol. The number of aliphatic hydroxyl groups is 1. The molecule has 144 valence electrons. The summed E-state index contributed by atoms with van der Waals surface area (Å²) >= 11 is 1.62. The van der Waals surface area contributed by atoms with Crippen LogP contribution in [0.15, 0.2) is 42.2 Å². The average Bonchev–Trinajstić information content (AvgIpc) is 3.31. The van der Waals surface area contributed by atoms with Gasteiger partial charge in [0.15, 0.2) is 0 Å². The number of nitrogens with one attached hydrogen (secondary N) is 3. The highest BCUT2D eigenvalue weighted by Gasteiger charge is 2.12. The fourth-order valence-electron chi connectivity index (χ4n) is 2.98. The van der Waals surface area contributed by atoms with Gasteiger partial charge in [-0.1, -0.05) is 0 Å². The molecule has 8 heteroatoms. The Bertz CT molecular complexity index is 1090. The molecule has 4 aromatic rings. The summed E-state index contributed by atoms with van der Waals surface area (Å²) in [5, 5.41) is 16.0. The number of aromatic amines is 1. The molecule has 0 unspecified atom stereocenters. The van der Waals surface area contributed by atoms with Crippen molar-refractivity contribution in [2.45, 2.75) is 26.3 Å². The maximum atomic E-state index is 9.11. The van der Waals surface area contributed by atoms with Gasteiger partial charge in [-0.15, -0.1) is 11.3 Å². The van der Waals surface area contributed by atoms with Crippen LogP contribution in [0.3, 0.4) is 0 Å². The monoisotopic (exact) mass is 394 g/mol. The molecule has 0 atom stereocenters. The van der Waals surface area contributed by atoms with Crippen LogP contribution < -0.4 is 10.6 Å². The van der Waals surface area contributed by atoms with E-state index in [9.17, 15) is 0 Å². The fourth-order valence-corrected chi connectivity index (χ4v) is 3.70. The number of pyridine rings is 1. The van der Waals surface area contributed by atoms with Crippen LogP contribution in [-0.2, 0) is 6.42 Å². The first-order chi connectivity index (χ1) is 13.6. The first-order valence-corrected chi connectivity index (χ1v) is 10.0. The van der Waals surface area contributed by atoms with Gasteiger partial charge in [0.05, 0.1) is 34.2 Å². The maximum Gasteiger partial charge on any atom is 0.132 e. The first kappa shape index (κ1) is 18.4. The van der Waals surface area contributed by atoms with Crippen molar-refractivity contribution in [1.29, 1.82) is 0 Å². The van der Waals surface area contributed by atoms with E-state index in [2.05, 4.69) is 50.5 Å². The zero-order valence-electron chi connectivity index (χ0n) is 15.7. The Morgan fingerprint density at radius 2 is 2.04 bits per heavy atom. The molecule has 0 spiro atoms. The van der Waals surface area contributed by atoms with Gasteiger partial charge in [-0.2, -0.15) is 0 Å². The van der Waals surface area contributed by atoms with E-state index in [-0.39, 0.29) is 12.6 Å². The number of hydrogen-bond donors (Lipinski definition) is 4. The fraction of sp³-hybridized carbons (Fsp3) is 0.250. The number of hydrogen-bond acceptors (Lipinski definition) is 7. The lowest BCUT2D eigenvalue weighted by molar-refractivity contribution is 0.297. The SMILES string of the molecule is CC(C)Nc1cc(Nc2ccc3ncsc3c2)ncc1-c1cnc(CCO)[nH]1. The van der Waals surface area contributed by atoms with Crippen molar-refractivity contribution in [2.24, 2.45) is 0 Å². The summed E-state index contributed by atoms with van der Waals surface area (Å²) in [4.78, 5) is 16.5. The van der Waals surface area contributed by atoms with E-state index < -0.39 is 0 Å². The van der Waals surface area contributed by atoms with Crippen LogP contribution >= 0.6 is 11.3 Å². The molecule has 3 aromatic heterocycles. The van der Waals surface area contributed by atoms with Gasteiger partial charge in [0.25, 0.3) is 0 Å². The van der Waals surface area contributed by atoms with E-state index in [1.807, 2.05) is 29.9 Å². The molecular weight excluding hydrogens is 372 g/mol. The van der Waals surface area contributed by atoms with Crippen molar-refractivity contribution in [3.63, 3.8) is 0 Å². The van der Waals surface area contributed by atoms with Gasteiger partial charge in [0, 0.05) is 41.7 Å². The smallest absolute Gasteiger partial charge is 0.132 e. The van der Waals surface area contributed by atoms with Gasteiger partial charge >= 0.3 is 0 Å². The zero-order valence-corrected chi connectivity index (χ0v) is 16.5. The number of anilines is 3. The molecule has 3 heterocycles. The number of benzene rings is 1. The Balaban J connectivity index is 1.64. The van der Waals surface area contributed by atoms with Crippen molar-refractivity contribution < 1.29 is 5.11 Å². The second kappa shape index (κ2) is 7.95. The Kier molecular flexibility index (Phi) is 5.23. The van der Waals surface area contributed by atoms with Crippen LogP contribution in [0.4, 0.5) is 17.2 Å². The quantitative estimate of drug-likeness (QED) is 0.375. The van der Waals surface area contributed by atoms with Crippen molar-refractivity contribution >= 4 is 38.7 Å². The zero-order chi connectivity index (χ0) is 19.5. The van der Waals surface area contributed by atoms with Crippen molar-refractivity contribution in [3.8, 4) is 11.3 Å². The largest absolute Gasteiger partial charge is 0.396 e. The number of aromatic nitrogens is 4. The molecule has 0 amide bonds. The second-order valence-corrected chi connectivity index (χ2v) is 7.68. The lowest BCUT2D eigenvalue weighted by Gasteiger charge is -2.16. The van der Waals surface area contributed by atoms with Crippen LogP contribution in [-0.4, -0.2) is 37.7 Å². The third kappa shape index (κ3) is 3.97. The molecule has 7 nitrogen and oxygen atoms in total. The van der Waals surface area contributed by atoms with Crippen LogP contribution in [0.5, 0.6) is 0 Å². The summed E-state index contributed by atoms with van der Waals surface area (Å²) < 4.78 is 1.14. The topological polar surface area (TPSA) is 98.8 Å². The molecule has 0 fully saturated rings. The van der Waals surface area contributed by atoms with E-state index in [1.54, 1.807) is 17.5 Å². The Labute approximate surface area is 166 Å². The standard InChI is InChI=1S/C20H22N6OS/c1-12(2)24-16-8-20(25-13-3-4-15-18(7-13)28-11-23-15)21-9-14(16)17-10-22-19(26-17)5-6-27/h3-4,7-12,27H,5-6H2,1-2H3,(H,22,26)(H2,21,24,25). The van der Waals surface area contributed by atoms with Crippen molar-refractivity contribution in [2.75, 3.05) is 17.2 Å². The molecule has 1 aromatic carbocycles. The Morgan fingerprint density at radius 1 is 1.14 bits per heavy atom. The molecule has 0 radical (unpaired) electrons. The Morgan fingerprint density at radius 3 is 2.86 bits per heavy atom. The summed E-state index contributed by atoms with van der Waals surface area (Å²) in [6.07, 6.45) is 4.10. The van der Waals surface area contributed by atoms with Gasteiger partial charge in [-0.25, -0.2) is 15.0 Å². The van der Waals surface area contributed by atoms with E-state index in [4.69, 9.17) is 5.11 Å². The molecule has 0 aliphatic rings. The summed E-state index contributed by atoms with van der Waals surface area (Å²) in [6, 6.07) is 8.35. The number of thiazole rings is 1. The number of aliphatic hydroxyl groups excluding tert-OH is 1. The molecule has 0 bridgehead atoms. The van der Waals surface area contributed by atoms with Crippen molar-refractivity contribution in [1.82, 2.24) is 19.9 Å². The highest BCUT2D eigenvalue weighted by atomic mass is 32.1. The third-order valence-electron chi connectivity index (χ3n) is 4.22. The highest BCUT2D eigenvalue weighted by molar-refractivity contribution is 7.16. The minimum atomic E-state index is 0.0647. The number of rotatable bonds is 7.